The van der Waals surface area contributed by atoms with E-state index in [1.165, 1.54) is 12.8 Å². The minimum absolute atomic E-state index is 0.117. The fourth-order valence-corrected chi connectivity index (χ4v) is 2.60. The predicted molar refractivity (Wildman–Crippen MR) is 83.5 cm³/mol. The zero-order valence-corrected chi connectivity index (χ0v) is 13.1. The Balaban J connectivity index is 2.01. The first-order valence-corrected chi connectivity index (χ1v) is 7.83. The van der Waals surface area contributed by atoms with E-state index in [1.807, 2.05) is 6.92 Å². The number of hydrogen-bond acceptors (Lipinski definition) is 4. The number of amides is 1. The predicted octanol–water partition coefficient (Wildman–Crippen LogP) is 2.72. The molecule has 5 heteroatoms. The molecule has 0 aromatic heterocycles. The third-order valence-electron chi connectivity index (χ3n) is 3.78. The first kappa shape index (κ1) is 16.3. The lowest BCUT2D eigenvalue weighted by molar-refractivity contribution is -0.128. The fraction of sp³-hybridized carbons (Fsp3) is 0.529. The second kappa shape index (κ2) is 7.82. The number of carbonyl (C=O) groups is 2. The molecule has 1 aliphatic carbocycles. The van der Waals surface area contributed by atoms with Crippen molar-refractivity contribution >= 4 is 12.2 Å². The minimum Gasteiger partial charge on any atom is -0.490 e. The largest absolute Gasteiger partial charge is 0.490 e. The van der Waals surface area contributed by atoms with Crippen LogP contribution < -0.4 is 14.8 Å². The van der Waals surface area contributed by atoms with Crippen molar-refractivity contribution in [2.75, 3.05) is 6.61 Å². The molecule has 0 bridgehead atoms. The Morgan fingerprint density at radius 1 is 1.36 bits per heavy atom. The van der Waals surface area contributed by atoms with Gasteiger partial charge in [-0.15, -0.1) is 0 Å². The molecule has 1 atom stereocenters. The molecule has 2 rings (SSSR count). The third-order valence-corrected chi connectivity index (χ3v) is 3.78. The number of benzene rings is 1. The van der Waals surface area contributed by atoms with Crippen molar-refractivity contribution in [2.24, 2.45) is 0 Å². The van der Waals surface area contributed by atoms with Gasteiger partial charge in [-0.2, -0.15) is 0 Å². The fourth-order valence-electron chi connectivity index (χ4n) is 2.60. The van der Waals surface area contributed by atoms with E-state index in [0.717, 1.165) is 19.1 Å². The average Bonchev–Trinajstić information content (AvgIpc) is 3.02. The Morgan fingerprint density at radius 3 is 2.73 bits per heavy atom. The van der Waals surface area contributed by atoms with Gasteiger partial charge in [0.15, 0.2) is 17.6 Å². The average molecular weight is 305 g/mol. The van der Waals surface area contributed by atoms with E-state index in [2.05, 4.69) is 5.32 Å². The summed E-state index contributed by atoms with van der Waals surface area (Å²) in [5, 5.41) is 3.01. The van der Waals surface area contributed by atoms with Crippen LogP contribution in [0.5, 0.6) is 11.5 Å². The van der Waals surface area contributed by atoms with Crippen molar-refractivity contribution in [3.8, 4) is 11.5 Å². The molecule has 120 valence electrons. The van der Waals surface area contributed by atoms with Gasteiger partial charge in [-0.05, 0) is 44.9 Å². The molecule has 1 aliphatic rings. The summed E-state index contributed by atoms with van der Waals surface area (Å²) < 4.78 is 11.2. The second-order valence-corrected chi connectivity index (χ2v) is 5.51. The van der Waals surface area contributed by atoms with Crippen LogP contribution in [-0.4, -0.2) is 30.9 Å². The van der Waals surface area contributed by atoms with Crippen molar-refractivity contribution in [3.63, 3.8) is 0 Å². The molecule has 0 unspecified atom stereocenters. The molecule has 22 heavy (non-hydrogen) atoms. The van der Waals surface area contributed by atoms with Crippen LogP contribution in [0.1, 0.15) is 49.9 Å². The van der Waals surface area contributed by atoms with E-state index in [1.54, 1.807) is 25.1 Å². The van der Waals surface area contributed by atoms with Gasteiger partial charge in [-0.3, -0.25) is 9.59 Å². The molecule has 1 aromatic carbocycles. The smallest absolute Gasteiger partial charge is 0.260 e. The highest BCUT2D eigenvalue weighted by Crippen LogP contribution is 2.29. The van der Waals surface area contributed by atoms with E-state index in [9.17, 15) is 9.59 Å². The van der Waals surface area contributed by atoms with Crippen LogP contribution in [-0.2, 0) is 4.79 Å². The van der Waals surface area contributed by atoms with Crippen molar-refractivity contribution in [2.45, 2.75) is 51.7 Å². The molecule has 0 saturated heterocycles. The van der Waals surface area contributed by atoms with Crippen LogP contribution >= 0.6 is 0 Å². The number of nitrogens with one attached hydrogen (secondary N) is 1. The monoisotopic (exact) mass is 305 g/mol. The topological polar surface area (TPSA) is 64.6 Å². The van der Waals surface area contributed by atoms with E-state index < -0.39 is 6.10 Å². The highest BCUT2D eigenvalue weighted by Gasteiger charge is 2.22. The highest BCUT2D eigenvalue weighted by atomic mass is 16.5. The number of carbonyl (C=O) groups excluding carboxylic acids is 2. The number of ether oxygens (including phenoxy) is 2. The molecule has 0 aliphatic heterocycles. The van der Waals surface area contributed by atoms with Gasteiger partial charge in [0.05, 0.1) is 6.61 Å². The van der Waals surface area contributed by atoms with E-state index in [0.29, 0.717) is 23.7 Å². The van der Waals surface area contributed by atoms with Crippen LogP contribution in [0.4, 0.5) is 0 Å². The van der Waals surface area contributed by atoms with Gasteiger partial charge >= 0.3 is 0 Å². The van der Waals surface area contributed by atoms with Gasteiger partial charge in [-0.1, -0.05) is 12.8 Å². The van der Waals surface area contributed by atoms with E-state index in [4.69, 9.17) is 9.47 Å². The zero-order chi connectivity index (χ0) is 15.9. The summed E-state index contributed by atoms with van der Waals surface area (Å²) >= 11 is 0. The van der Waals surface area contributed by atoms with Gasteiger partial charge in [0.2, 0.25) is 0 Å². The Kier molecular flexibility index (Phi) is 5.81. The molecule has 1 N–H and O–H groups in total. The Morgan fingerprint density at radius 2 is 2.09 bits per heavy atom. The van der Waals surface area contributed by atoms with E-state index >= 15 is 0 Å². The Bertz CT molecular complexity index is 523. The van der Waals surface area contributed by atoms with E-state index in [-0.39, 0.29) is 11.9 Å². The molecule has 1 aromatic rings. The van der Waals surface area contributed by atoms with Gasteiger partial charge in [0, 0.05) is 11.6 Å². The molecule has 0 radical (unpaired) electrons. The normalized spacial score (nSPS) is 16.1. The molecule has 0 spiro atoms. The first-order valence-electron chi connectivity index (χ1n) is 7.83. The maximum atomic E-state index is 12.2. The van der Waals surface area contributed by atoms with Crippen LogP contribution in [0.3, 0.4) is 0 Å². The molecule has 1 fully saturated rings. The number of hydrogen-bond donors (Lipinski definition) is 1. The van der Waals surface area contributed by atoms with Crippen molar-refractivity contribution in [1.29, 1.82) is 0 Å². The van der Waals surface area contributed by atoms with Gasteiger partial charge in [0.25, 0.3) is 5.91 Å². The summed E-state index contributed by atoms with van der Waals surface area (Å²) in [4.78, 5) is 23.0. The van der Waals surface area contributed by atoms with Crippen molar-refractivity contribution in [3.05, 3.63) is 23.8 Å². The molecule has 5 nitrogen and oxygen atoms in total. The summed E-state index contributed by atoms with van der Waals surface area (Å²) in [6.45, 7) is 4.03. The summed E-state index contributed by atoms with van der Waals surface area (Å²) in [5.41, 5.74) is 0.513. The zero-order valence-electron chi connectivity index (χ0n) is 13.1. The quantitative estimate of drug-likeness (QED) is 0.787. The van der Waals surface area contributed by atoms with Gasteiger partial charge < -0.3 is 14.8 Å². The SMILES string of the molecule is CCOc1cc(C=O)ccc1O[C@H](C)C(=O)NC1CCCC1. The lowest BCUT2D eigenvalue weighted by atomic mass is 10.2. The molecule has 1 amide bonds. The molecule has 1 saturated carbocycles. The molecular weight excluding hydrogens is 282 g/mol. The summed E-state index contributed by atoms with van der Waals surface area (Å²) in [7, 11) is 0. The maximum absolute atomic E-state index is 12.2. The third kappa shape index (κ3) is 4.23. The summed E-state index contributed by atoms with van der Waals surface area (Å²) in [6, 6.07) is 5.19. The van der Waals surface area contributed by atoms with Crippen LogP contribution in [0.2, 0.25) is 0 Å². The lowest BCUT2D eigenvalue weighted by Crippen LogP contribution is -2.41. The van der Waals surface area contributed by atoms with Gasteiger partial charge in [0.1, 0.15) is 6.29 Å². The maximum Gasteiger partial charge on any atom is 0.260 e. The molecule has 0 heterocycles. The standard InChI is InChI=1S/C17H23NO4/c1-3-21-16-10-13(11-19)8-9-15(16)22-12(2)17(20)18-14-6-4-5-7-14/h8-12,14H,3-7H2,1-2H3,(H,18,20)/t12-/m1/s1. The van der Waals surface area contributed by atoms with Crippen molar-refractivity contribution in [1.82, 2.24) is 5.32 Å². The van der Waals surface area contributed by atoms with Gasteiger partial charge in [-0.25, -0.2) is 0 Å². The van der Waals surface area contributed by atoms with Crippen LogP contribution in [0.25, 0.3) is 0 Å². The molecular formula is C17H23NO4. The minimum atomic E-state index is -0.609. The van der Waals surface area contributed by atoms with Crippen LogP contribution in [0.15, 0.2) is 18.2 Å². The second-order valence-electron chi connectivity index (χ2n) is 5.51. The summed E-state index contributed by atoms with van der Waals surface area (Å²) in [6.07, 6.45) is 4.56. The Labute approximate surface area is 131 Å². The van der Waals surface area contributed by atoms with Crippen LogP contribution in [0, 0.1) is 0 Å². The lowest BCUT2D eigenvalue weighted by Gasteiger charge is -2.19. The number of aldehydes is 1. The Hall–Kier alpha value is -2.04. The van der Waals surface area contributed by atoms with Crippen molar-refractivity contribution < 1.29 is 19.1 Å². The highest BCUT2D eigenvalue weighted by molar-refractivity contribution is 5.81. The first-order chi connectivity index (χ1) is 10.6. The summed E-state index contributed by atoms with van der Waals surface area (Å²) in [5.74, 6) is 0.836. The number of rotatable bonds is 7.